The first-order valence-electron chi connectivity index (χ1n) is 4.86. The second kappa shape index (κ2) is 4.13. The van der Waals surface area contributed by atoms with Crippen molar-refractivity contribution >= 4 is 11.7 Å². The molecule has 0 saturated carbocycles. The van der Waals surface area contributed by atoms with E-state index in [-0.39, 0.29) is 17.0 Å². The summed E-state index contributed by atoms with van der Waals surface area (Å²) in [5, 5.41) is 18.1. The van der Waals surface area contributed by atoms with E-state index >= 15 is 0 Å². The number of pyridine rings is 1. The minimum absolute atomic E-state index is 0.0337. The van der Waals surface area contributed by atoms with E-state index in [1.54, 1.807) is 12.1 Å². The van der Waals surface area contributed by atoms with Gasteiger partial charge >= 0.3 is 5.97 Å². The summed E-state index contributed by atoms with van der Waals surface area (Å²) in [6, 6.07) is 7.79. The van der Waals surface area contributed by atoms with Crippen molar-refractivity contribution in [2.45, 2.75) is 0 Å². The summed E-state index contributed by atoms with van der Waals surface area (Å²) in [4.78, 5) is 14.7. The standard InChI is InChI=1S/C12H10N2O3/c13-10-5-8(12(16)17)6-14-11(10)7-2-1-3-9(15)4-7/h1-6,15H,13H2,(H,16,17). The lowest BCUT2D eigenvalue weighted by atomic mass is 10.1. The normalized spacial score (nSPS) is 10.1. The van der Waals surface area contributed by atoms with Gasteiger partial charge in [-0.3, -0.25) is 4.98 Å². The van der Waals surface area contributed by atoms with Crippen molar-refractivity contribution in [1.29, 1.82) is 0 Å². The molecule has 0 bridgehead atoms. The van der Waals surface area contributed by atoms with Gasteiger partial charge in [-0.15, -0.1) is 0 Å². The Labute approximate surface area is 97.2 Å². The van der Waals surface area contributed by atoms with Gasteiger partial charge in [-0.1, -0.05) is 12.1 Å². The first-order valence-corrected chi connectivity index (χ1v) is 4.86. The van der Waals surface area contributed by atoms with Crippen LogP contribution >= 0.6 is 0 Å². The zero-order chi connectivity index (χ0) is 12.4. The lowest BCUT2D eigenvalue weighted by Crippen LogP contribution is -2.01. The largest absolute Gasteiger partial charge is 0.508 e. The van der Waals surface area contributed by atoms with Gasteiger partial charge in [-0.2, -0.15) is 0 Å². The predicted octanol–water partition coefficient (Wildman–Crippen LogP) is 1.73. The number of phenols is 1. The monoisotopic (exact) mass is 230 g/mol. The van der Waals surface area contributed by atoms with Gasteiger partial charge in [-0.25, -0.2) is 4.79 Å². The van der Waals surface area contributed by atoms with Crippen LogP contribution in [0.15, 0.2) is 36.5 Å². The van der Waals surface area contributed by atoms with E-state index in [0.29, 0.717) is 11.3 Å². The molecule has 0 aliphatic rings. The number of phenolic OH excluding ortho intramolecular Hbond substituents is 1. The molecule has 1 heterocycles. The maximum Gasteiger partial charge on any atom is 0.337 e. The Morgan fingerprint density at radius 1 is 1.29 bits per heavy atom. The minimum atomic E-state index is -1.08. The molecule has 0 aliphatic carbocycles. The lowest BCUT2D eigenvalue weighted by molar-refractivity contribution is 0.0696. The highest BCUT2D eigenvalue weighted by Crippen LogP contribution is 2.26. The summed E-state index contributed by atoms with van der Waals surface area (Å²) in [6.07, 6.45) is 1.23. The Morgan fingerprint density at radius 3 is 2.65 bits per heavy atom. The van der Waals surface area contributed by atoms with E-state index in [2.05, 4.69) is 4.98 Å². The molecule has 0 unspecified atom stereocenters. The summed E-state index contributed by atoms with van der Waals surface area (Å²) in [5.41, 5.74) is 7.12. The number of nitrogens with two attached hydrogens (primary N) is 1. The molecule has 17 heavy (non-hydrogen) atoms. The number of nitrogens with zero attached hydrogens (tertiary/aromatic N) is 1. The fourth-order valence-electron chi connectivity index (χ4n) is 1.49. The number of aromatic hydroxyl groups is 1. The van der Waals surface area contributed by atoms with Gasteiger partial charge in [0.15, 0.2) is 0 Å². The van der Waals surface area contributed by atoms with Crippen molar-refractivity contribution in [1.82, 2.24) is 4.98 Å². The first-order chi connectivity index (χ1) is 8.08. The number of carboxylic acid groups (broad SMARTS) is 1. The van der Waals surface area contributed by atoms with Crippen LogP contribution in [0, 0.1) is 0 Å². The van der Waals surface area contributed by atoms with E-state index in [4.69, 9.17) is 10.8 Å². The zero-order valence-corrected chi connectivity index (χ0v) is 8.79. The second-order valence-corrected chi connectivity index (χ2v) is 3.52. The number of carbonyl (C=O) groups is 1. The summed E-state index contributed by atoms with van der Waals surface area (Å²) in [7, 11) is 0. The van der Waals surface area contributed by atoms with E-state index < -0.39 is 5.97 Å². The van der Waals surface area contributed by atoms with Crippen LogP contribution in [0.25, 0.3) is 11.3 Å². The number of rotatable bonds is 2. The number of hydrogen-bond donors (Lipinski definition) is 3. The Kier molecular flexibility index (Phi) is 2.66. The van der Waals surface area contributed by atoms with Crippen LogP contribution in [0.1, 0.15) is 10.4 Å². The highest BCUT2D eigenvalue weighted by Gasteiger charge is 2.09. The van der Waals surface area contributed by atoms with Gasteiger partial charge in [0.05, 0.1) is 16.9 Å². The average Bonchev–Trinajstić information content (AvgIpc) is 2.28. The molecule has 0 atom stereocenters. The van der Waals surface area contributed by atoms with Crippen molar-refractivity contribution in [3.63, 3.8) is 0 Å². The molecule has 0 fully saturated rings. The van der Waals surface area contributed by atoms with E-state index in [1.165, 1.54) is 24.4 Å². The third-order valence-corrected chi connectivity index (χ3v) is 2.28. The van der Waals surface area contributed by atoms with Gasteiger partial charge in [0, 0.05) is 11.8 Å². The van der Waals surface area contributed by atoms with E-state index in [1.807, 2.05) is 0 Å². The number of benzene rings is 1. The third kappa shape index (κ3) is 2.17. The van der Waals surface area contributed by atoms with Crippen LogP contribution in [0.5, 0.6) is 5.75 Å². The van der Waals surface area contributed by atoms with Crippen molar-refractivity contribution in [2.75, 3.05) is 5.73 Å². The maximum atomic E-state index is 10.7. The first kappa shape index (κ1) is 10.9. The van der Waals surface area contributed by atoms with Crippen LogP contribution in [0.3, 0.4) is 0 Å². The quantitative estimate of drug-likeness (QED) is 0.730. The minimum Gasteiger partial charge on any atom is -0.508 e. The smallest absolute Gasteiger partial charge is 0.337 e. The Balaban J connectivity index is 2.50. The molecule has 86 valence electrons. The molecule has 5 nitrogen and oxygen atoms in total. The number of anilines is 1. The lowest BCUT2D eigenvalue weighted by Gasteiger charge is -2.06. The molecule has 0 amide bonds. The molecular formula is C12H10N2O3. The molecule has 2 rings (SSSR count). The van der Waals surface area contributed by atoms with Gasteiger partial charge in [-0.05, 0) is 18.2 Å². The fourth-order valence-corrected chi connectivity index (χ4v) is 1.49. The number of aromatic carboxylic acids is 1. The van der Waals surface area contributed by atoms with Gasteiger partial charge in [0.2, 0.25) is 0 Å². The molecule has 0 saturated heterocycles. The molecule has 0 radical (unpaired) electrons. The Bertz CT molecular complexity index is 582. The van der Waals surface area contributed by atoms with Crippen LogP contribution in [-0.4, -0.2) is 21.2 Å². The second-order valence-electron chi connectivity index (χ2n) is 3.52. The van der Waals surface area contributed by atoms with Gasteiger partial charge in [0.25, 0.3) is 0 Å². The maximum absolute atomic E-state index is 10.7. The highest BCUT2D eigenvalue weighted by atomic mass is 16.4. The fraction of sp³-hybridized carbons (Fsp3) is 0. The summed E-state index contributed by atoms with van der Waals surface area (Å²) < 4.78 is 0. The SMILES string of the molecule is Nc1cc(C(=O)O)cnc1-c1cccc(O)c1. The van der Waals surface area contributed by atoms with Crippen LogP contribution in [-0.2, 0) is 0 Å². The third-order valence-electron chi connectivity index (χ3n) is 2.28. The Morgan fingerprint density at radius 2 is 2.06 bits per heavy atom. The zero-order valence-electron chi connectivity index (χ0n) is 8.79. The molecule has 5 heteroatoms. The number of carboxylic acids is 1. The number of aromatic nitrogens is 1. The Hall–Kier alpha value is -2.56. The van der Waals surface area contributed by atoms with Gasteiger partial charge in [0.1, 0.15) is 5.75 Å². The topological polar surface area (TPSA) is 96.4 Å². The number of hydrogen-bond acceptors (Lipinski definition) is 4. The molecule has 0 aliphatic heterocycles. The van der Waals surface area contributed by atoms with E-state index in [9.17, 15) is 9.90 Å². The molecular weight excluding hydrogens is 220 g/mol. The van der Waals surface area contributed by atoms with Gasteiger partial charge < -0.3 is 15.9 Å². The van der Waals surface area contributed by atoms with Crippen LogP contribution in [0.4, 0.5) is 5.69 Å². The van der Waals surface area contributed by atoms with Crippen molar-refractivity contribution in [3.05, 3.63) is 42.1 Å². The van der Waals surface area contributed by atoms with Crippen molar-refractivity contribution in [2.24, 2.45) is 0 Å². The highest BCUT2D eigenvalue weighted by molar-refractivity contribution is 5.90. The molecule has 4 N–H and O–H groups in total. The van der Waals surface area contributed by atoms with Crippen LogP contribution < -0.4 is 5.73 Å². The van der Waals surface area contributed by atoms with Crippen LogP contribution in [0.2, 0.25) is 0 Å². The molecule has 0 spiro atoms. The molecule has 2 aromatic rings. The van der Waals surface area contributed by atoms with Crippen molar-refractivity contribution in [3.8, 4) is 17.0 Å². The summed E-state index contributed by atoms with van der Waals surface area (Å²) in [6.45, 7) is 0. The molecule has 1 aromatic carbocycles. The van der Waals surface area contributed by atoms with E-state index in [0.717, 1.165) is 0 Å². The predicted molar refractivity (Wildman–Crippen MR) is 62.7 cm³/mol. The summed E-state index contributed by atoms with van der Waals surface area (Å²) >= 11 is 0. The van der Waals surface area contributed by atoms with Crippen molar-refractivity contribution < 1.29 is 15.0 Å². The molecule has 1 aromatic heterocycles. The summed E-state index contributed by atoms with van der Waals surface area (Å²) in [5.74, 6) is -0.974. The average molecular weight is 230 g/mol. The number of nitrogen functional groups attached to an aromatic ring is 1.